The molecular formula is C15H14ClFN2O. The molecule has 2 aromatic carbocycles. The maximum absolute atomic E-state index is 13.7. The summed E-state index contributed by atoms with van der Waals surface area (Å²) in [6, 6.07) is 9.78. The predicted molar refractivity (Wildman–Crippen MR) is 78.2 cm³/mol. The number of hydrogen-bond donors (Lipinski definition) is 2. The molecule has 0 saturated carbocycles. The Morgan fingerprint density at radius 3 is 2.75 bits per heavy atom. The molecule has 0 aromatic heterocycles. The topological polar surface area (TPSA) is 55.1 Å². The zero-order valence-electron chi connectivity index (χ0n) is 10.9. The van der Waals surface area contributed by atoms with Crippen LogP contribution in [-0.2, 0) is 6.54 Å². The third-order valence-corrected chi connectivity index (χ3v) is 3.42. The number of benzene rings is 2. The fourth-order valence-electron chi connectivity index (χ4n) is 1.84. The molecule has 20 heavy (non-hydrogen) atoms. The fourth-order valence-corrected chi connectivity index (χ4v) is 2.02. The average Bonchev–Trinajstić information content (AvgIpc) is 2.43. The van der Waals surface area contributed by atoms with E-state index in [2.05, 4.69) is 5.32 Å². The maximum Gasteiger partial charge on any atom is 0.254 e. The summed E-state index contributed by atoms with van der Waals surface area (Å²) < 4.78 is 13.7. The zero-order chi connectivity index (χ0) is 14.7. The molecule has 0 aliphatic carbocycles. The summed E-state index contributed by atoms with van der Waals surface area (Å²) in [5, 5.41) is 2.59. The molecule has 104 valence electrons. The van der Waals surface area contributed by atoms with E-state index in [0.29, 0.717) is 5.69 Å². The van der Waals surface area contributed by atoms with E-state index in [1.165, 1.54) is 18.2 Å². The molecule has 0 aliphatic rings. The number of amides is 1. The largest absolute Gasteiger partial charge is 0.399 e. The lowest BCUT2D eigenvalue weighted by Gasteiger charge is -2.10. The number of rotatable bonds is 3. The Balaban J connectivity index is 2.13. The molecule has 3 nitrogen and oxygen atoms in total. The molecule has 0 heterocycles. The fraction of sp³-hybridized carbons (Fsp3) is 0.133. The summed E-state index contributed by atoms with van der Waals surface area (Å²) in [5.74, 6) is -1.22. The summed E-state index contributed by atoms with van der Waals surface area (Å²) in [6.45, 7) is 2.15. The average molecular weight is 293 g/mol. The van der Waals surface area contributed by atoms with Gasteiger partial charge < -0.3 is 11.1 Å². The van der Waals surface area contributed by atoms with E-state index in [-0.39, 0.29) is 17.1 Å². The van der Waals surface area contributed by atoms with Gasteiger partial charge in [-0.1, -0.05) is 29.8 Å². The molecule has 5 heteroatoms. The second-order valence-corrected chi connectivity index (χ2v) is 4.82. The highest BCUT2D eigenvalue weighted by Crippen LogP contribution is 2.18. The van der Waals surface area contributed by atoms with Gasteiger partial charge in [0.15, 0.2) is 5.82 Å². The standard InChI is InChI=1S/C15H14ClFN2O/c1-9-10(4-2-7-13(9)18)8-19-15(20)11-5-3-6-12(16)14(11)17/h2-7H,8,18H2,1H3,(H,19,20). The zero-order valence-corrected chi connectivity index (χ0v) is 11.7. The molecule has 3 N–H and O–H groups in total. The second-order valence-electron chi connectivity index (χ2n) is 4.42. The molecule has 0 atom stereocenters. The summed E-state index contributed by atoms with van der Waals surface area (Å²) in [5.41, 5.74) is 8.17. The van der Waals surface area contributed by atoms with Crippen molar-refractivity contribution in [3.8, 4) is 0 Å². The lowest BCUT2D eigenvalue weighted by molar-refractivity contribution is 0.0947. The first-order valence-electron chi connectivity index (χ1n) is 6.07. The van der Waals surface area contributed by atoms with Crippen LogP contribution < -0.4 is 11.1 Å². The van der Waals surface area contributed by atoms with Crippen LogP contribution >= 0.6 is 11.6 Å². The van der Waals surface area contributed by atoms with Crippen molar-refractivity contribution in [1.29, 1.82) is 0 Å². The van der Waals surface area contributed by atoms with Crippen LogP contribution in [0.2, 0.25) is 5.02 Å². The monoisotopic (exact) mass is 292 g/mol. The molecule has 0 spiro atoms. The molecule has 0 aliphatic heterocycles. The van der Waals surface area contributed by atoms with Gasteiger partial charge in [-0.05, 0) is 36.2 Å². The molecule has 0 fully saturated rings. The van der Waals surface area contributed by atoms with Crippen LogP contribution in [0.4, 0.5) is 10.1 Å². The Labute approximate surface area is 121 Å². The number of nitrogens with one attached hydrogen (secondary N) is 1. The summed E-state index contributed by atoms with van der Waals surface area (Å²) in [4.78, 5) is 11.9. The summed E-state index contributed by atoms with van der Waals surface area (Å²) in [6.07, 6.45) is 0. The highest BCUT2D eigenvalue weighted by Gasteiger charge is 2.14. The second kappa shape index (κ2) is 5.92. The first-order valence-corrected chi connectivity index (χ1v) is 6.44. The van der Waals surface area contributed by atoms with Crippen molar-refractivity contribution in [2.75, 3.05) is 5.73 Å². The van der Waals surface area contributed by atoms with E-state index < -0.39 is 11.7 Å². The molecule has 0 bridgehead atoms. The minimum absolute atomic E-state index is 0.0703. The lowest BCUT2D eigenvalue weighted by Crippen LogP contribution is -2.24. The highest BCUT2D eigenvalue weighted by atomic mass is 35.5. The molecule has 2 rings (SSSR count). The minimum Gasteiger partial charge on any atom is -0.399 e. The number of hydrogen-bond acceptors (Lipinski definition) is 2. The Morgan fingerprint density at radius 1 is 1.30 bits per heavy atom. The van der Waals surface area contributed by atoms with Crippen molar-refractivity contribution in [2.24, 2.45) is 0 Å². The number of nitrogen functional groups attached to an aromatic ring is 1. The predicted octanol–water partition coefficient (Wildman–Crippen LogP) is 3.30. The van der Waals surface area contributed by atoms with Crippen molar-refractivity contribution in [3.63, 3.8) is 0 Å². The Kier molecular flexibility index (Phi) is 4.25. The van der Waals surface area contributed by atoms with Crippen LogP contribution in [0, 0.1) is 12.7 Å². The van der Waals surface area contributed by atoms with E-state index >= 15 is 0 Å². The third kappa shape index (κ3) is 2.91. The number of nitrogens with two attached hydrogens (primary N) is 1. The Bertz CT molecular complexity index is 658. The van der Waals surface area contributed by atoms with Gasteiger partial charge in [0.1, 0.15) is 0 Å². The smallest absolute Gasteiger partial charge is 0.254 e. The van der Waals surface area contributed by atoms with Gasteiger partial charge >= 0.3 is 0 Å². The summed E-state index contributed by atoms with van der Waals surface area (Å²) >= 11 is 5.65. The molecular weight excluding hydrogens is 279 g/mol. The van der Waals surface area contributed by atoms with Gasteiger partial charge in [-0.2, -0.15) is 0 Å². The molecule has 0 unspecified atom stereocenters. The SMILES string of the molecule is Cc1c(N)cccc1CNC(=O)c1cccc(Cl)c1F. The van der Waals surface area contributed by atoms with Gasteiger partial charge in [-0.25, -0.2) is 4.39 Å². The van der Waals surface area contributed by atoms with Crippen molar-refractivity contribution < 1.29 is 9.18 Å². The van der Waals surface area contributed by atoms with Gasteiger partial charge in [0.2, 0.25) is 0 Å². The Hall–Kier alpha value is -2.07. The number of halogens is 2. The summed E-state index contributed by atoms with van der Waals surface area (Å²) in [7, 11) is 0. The number of carbonyl (C=O) groups is 1. The number of carbonyl (C=O) groups excluding carboxylic acids is 1. The highest BCUT2D eigenvalue weighted by molar-refractivity contribution is 6.31. The van der Waals surface area contributed by atoms with Gasteiger partial charge in [-0.15, -0.1) is 0 Å². The van der Waals surface area contributed by atoms with E-state index in [1.807, 2.05) is 19.1 Å². The van der Waals surface area contributed by atoms with Gasteiger partial charge in [0, 0.05) is 12.2 Å². The molecule has 1 amide bonds. The van der Waals surface area contributed by atoms with Crippen molar-refractivity contribution in [1.82, 2.24) is 5.32 Å². The van der Waals surface area contributed by atoms with Gasteiger partial charge in [-0.3, -0.25) is 4.79 Å². The third-order valence-electron chi connectivity index (χ3n) is 3.12. The maximum atomic E-state index is 13.7. The quantitative estimate of drug-likeness (QED) is 0.853. The van der Waals surface area contributed by atoms with Crippen LogP contribution in [0.5, 0.6) is 0 Å². The first kappa shape index (κ1) is 14.3. The van der Waals surface area contributed by atoms with E-state index in [1.54, 1.807) is 6.07 Å². The molecule has 0 saturated heterocycles. The van der Waals surface area contributed by atoms with E-state index in [4.69, 9.17) is 17.3 Å². The number of anilines is 1. The Morgan fingerprint density at radius 2 is 2.00 bits per heavy atom. The first-order chi connectivity index (χ1) is 9.50. The van der Waals surface area contributed by atoms with Gasteiger partial charge in [0.05, 0.1) is 10.6 Å². The van der Waals surface area contributed by atoms with Gasteiger partial charge in [0.25, 0.3) is 5.91 Å². The van der Waals surface area contributed by atoms with Crippen molar-refractivity contribution in [3.05, 3.63) is 63.9 Å². The minimum atomic E-state index is -0.712. The van der Waals surface area contributed by atoms with Crippen molar-refractivity contribution in [2.45, 2.75) is 13.5 Å². The van der Waals surface area contributed by atoms with Crippen LogP contribution in [0.25, 0.3) is 0 Å². The normalized spacial score (nSPS) is 10.3. The lowest BCUT2D eigenvalue weighted by atomic mass is 10.1. The molecule has 2 aromatic rings. The van der Waals surface area contributed by atoms with Crippen LogP contribution in [0.1, 0.15) is 21.5 Å². The van der Waals surface area contributed by atoms with Crippen molar-refractivity contribution >= 4 is 23.2 Å². The van der Waals surface area contributed by atoms with E-state index in [0.717, 1.165) is 11.1 Å². The van der Waals surface area contributed by atoms with Crippen LogP contribution in [0.15, 0.2) is 36.4 Å². The van der Waals surface area contributed by atoms with Crippen LogP contribution in [-0.4, -0.2) is 5.91 Å². The van der Waals surface area contributed by atoms with Crippen LogP contribution in [0.3, 0.4) is 0 Å². The molecule has 0 radical (unpaired) electrons. The van der Waals surface area contributed by atoms with E-state index in [9.17, 15) is 9.18 Å².